The molecule has 3 aliphatic rings. The first-order valence-corrected chi connectivity index (χ1v) is 9.42. The first-order chi connectivity index (χ1) is 11.0. The maximum absolute atomic E-state index is 12.1. The Morgan fingerprint density at radius 1 is 1.65 bits per heavy atom. The molecule has 3 aliphatic heterocycles. The number of methoxy groups -OCH3 is 1. The molecule has 0 aliphatic carbocycles. The molecule has 0 aromatic heterocycles. The van der Waals surface area contributed by atoms with E-state index in [1.807, 2.05) is 6.92 Å². The first-order valence-electron chi connectivity index (χ1n) is 7.66. The van der Waals surface area contributed by atoms with Crippen LogP contribution < -0.4 is 5.32 Å². The van der Waals surface area contributed by atoms with Gasteiger partial charge in [-0.3, -0.25) is 9.79 Å². The number of aliphatic carboxylic acids is 1. The molecule has 0 aromatic carbocycles. The van der Waals surface area contributed by atoms with Crippen molar-refractivity contribution in [1.29, 1.82) is 0 Å². The van der Waals surface area contributed by atoms with Crippen LogP contribution in [-0.4, -0.2) is 75.8 Å². The number of nitrogens with one attached hydrogen (secondary N) is 1. The molecule has 0 aromatic rings. The molecule has 3 unspecified atom stereocenters. The number of amidine groups is 1. The number of rotatable bonds is 6. The number of carboxylic acid groups (broad SMARTS) is 1. The fraction of sp³-hybridized carbons (Fsp3) is 0.786. The van der Waals surface area contributed by atoms with Gasteiger partial charge in [0, 0.05) is 18.9 Å². The highest BCUT2D eigenvalue weighted by Crippen LogP contribution is 2.56. The molecule has 4 atom stereocenters. The van der Waals surface area contributed by atoms with Crippen molar-refractivity contribution in [3.63, 3.8) is 0 Å². The number of amides is 1. The van der Waals surface area contributed by atoms with Crippen LogP contribution in [0.1, 0.15) is 13.3 Å². The van der Waals surface area contributed by atoms with Gasteiger partial charge in [-0.05, 0) is 6.42 Å². The Kier molecular flexibility index (Phi) is 4.80. The lowest BCUT2D eigenvalue weighted by Gasteiger charge is -2.40. The highest BCUT2D eigenvalue weighted by Gasteiger charge is 2.62. The van der Waals surface area contributed by atoms with Crippen LogP contribution in [0.25, 0.3) is 0 Å². The summed E-state index contributed by atoms with van der Waals surface area (Å²) in [4.78, 5) is 30.1. The molecule has 1 amide bonds. The zero-order chi connectivity index (χ0) is 16.6. The fourth-order valence-corrected chi connectivity index (χ4v) is 6.70. The van der Waals surface area contributed by atoms with Gasteiger partial charge in [0.15, 0.2) is 4.08 Å². The Balaban J connectivity index is 1.67. The summed E-state index contributed by atoms with van der Waals surface area (Å²) in [7, 11) is 1.62. The molecule has 128 valence electrons. The summed E-state index contributed by atoms with van der Waals surface area (Å²) in [6, 6.07) is 0. The lowest BCUT2D eigenvalue weighted by atomic mass is 9.95. The third-order valence-corrected chi connectivity index (χ3v) is 7.78. The van der Waals surface area contributed by atoms with E-state index in [2.05, 4.69) is 10.3 Å². The van der Waals surface area contributed by atoms with Crippen LogP contribution in [0, 0.1) is 5.92 Å². The summed E-state index contributed by atoms with van der Waals surface area (Å²) >= 11 is 2.85. The Morgan fingerprint density at radius 2 is 2.43 bits per heavy atom. The second-order valence-corrected chi connectivity index (χ2v) is 9.16. The lowest BCUT2D eigenvalue weighted by molar-refractivity contribution is -0.149. The number of ether oxygens (including phenoxy) is 1. The molecule has 9 heteroatoms. The van der Waals surface area contributed by atoms with Gasteiger partial charge in [-0.1, -0.05) is 6.92 Å². The van der Waals surface area contributed by atoms with Crippen molar-refractivity contribution in [3.05, 3.63) is 0 Å². The van der Waals surface area contributed by atoms with Gasteiger partial charge < -0.3 is 20.1 Å². The van der Waals surface area contributed by atoms with Crippen LogP contribution in [0.2, 0.25) is 0 Å². The van der Waals surface area contributed by atoms with Crippen molar-refractivity contribution in [1.82, 2.24) is 10.2 Å². The van der Waals surface area contributed by atoms with Gasteiger partial charge in [-0.15, -0.1) is 23.5 Å². The molecule has 0 saturated carbocycles. The zero-order valence-electron chi connectivity index (χ0n) is 13.2. The van der Waals surface area contributed by atoms with Crippen molar-refractivity contribution in [2.75, 3.05) is 33.4 Å². The minimum atomic E-state index is -0.981. The van der Waals surface area contributed by atoms with E-state index in [1.54, 1.807) is 12.0 Å². The molecule has 23 heavy (non-hydrogen) atoms. The molecule has 2 saturated heterocycles. The third-order valence-electron chi connectivity index (χ3n) is 4.36. The van der Waals surface area contributed by atoms with E-state index in [9.17, 15) is 14.7 Å². The van der Waals surface area contributed by atoms with Crippen molar-refractivity contribution >= 4 is 41.2 Å². The predicted octanol–water partition coefficient (Wildman–Crippen LogP) is 0.459. The number of carbonyl (C=O) groups excluding carboxylic acids is 1. The summed E-state index contributed by atoms with van der Waals surface area (Å²) in [6.07, 6.45) is 0.767. The van der Waals surface area contributed by atoms with Gasteiger partial charge in [0.25, 0.3) is 0 Å². The summed E-state index contributed by atoms with van der Waals surface area (Å²) in [5.41, 5.74) is 0. The highest BCUT2D eigenvalue weighted by molar-refractivity contribution is 8.20. The maximum Gasteiger partial charge on any atom is 0.332 e. The van der Waals surface area contributed by atoms with Crippen LogP contribution in [-0.2, 0) is 14.3 Å². The SMILES string of the molecule is CCC1C(=O)N2CC(SC3CN=C(COC)NC3)(C(=O)O)S[C@H]12. The van der Waals surface area contributed by atoms with E-state index in [4.69, 9.17) is 4.74 Å². The number of carboxylic acids is 1. The molecule has 2 fully saturated rings. The van der Waals surface area contributed by atoms with E-state index >= 15 is 0 Å². The Labute approximate surface area is 143 Å². The summed E-state index contributed by atoms with van der Waals surface area (Å²) in [5.74, 6) is 0.0163. The topological polar surface area (TPSA) is 91.2 Å². The molecule has 7 nitrogen and oxygen atoms in total. The van der Waals surface area contributed by atoms with Crippen LogP contribution in [0.15, 0.2) is 4.99 Å². The number of aliphatic imine (C=N–C) groups is 1. The third kappa shape index (κ3) is 2.94. The number of hydrogen-bond donors (Lipinski definition) is 2. The van der Waals surface area contributed by atoms with Gasteiger partial charge >= 0.3 is 5.97 Å². The molecular formula is C14H21N3O4S2. The summed E-state index contributed by atoms with van der Waals surface area (Å²) < 4.78 is 4.06. The van der Waals surface area contributed by atoms with E-state index < -0.39 is 10.0 Å². The summed E-state index contributed by atoms with van der Waals surface area (Å²) in [6.45, 7) is 3.94. The fourth-order valence-electron chi connectivity index (χ4n) is 3.12. The largest absolute Gasteiger partial charge is 0.480 e. The Bertz CT molecular complexity index is 544. The van der Waals surface area contributed by atoms with Gasteiger partial charge in [0.05, 0.1) is 24.4 Å². The van der Waals surface area contributed by atoms with Gasteiger partial charge in [-0.25, -0.2) is 4.79 Å². The molecule has 0 radical (unpaired) electrons. The lowest BCUT2D eigenvalue weighted by Crippen LogP contribution is -2.56. The van der Waals surface area contributed by atoms with E-state index in [0.717, 1.165) is 12.3 Å². The first kappa shape index (κ1) is 16.9. The second-order valence-electron chi connectivity index (χ2n) is 5.89. The highest BCUT2D eigenvalue weighted by atomic mass is 32.2. The van der Waals surface area contributed by atoms with Gasteiger partial charge in [0.2, 0.25) is 5.91 Å². The Hall–Kier alpha value is -0.930. The Morgan fingerprint density at radius 3 is 3.00 bits per heavy atom. The number of thioether (sulfide) groups is 2. The van der Waals surface area contributed by atoms with Crippen molar-refractivity contribution in [2.24, 2.45) is 10.9 Å². The van der Waals surface area contributed by atoms with Crippen molar-refractivity contribution < 1.29 is 19.4 Å². The molecular weight excluding hydrogens is 338 g/mol. The van der Waals surface area contributed by atoms with Gasteiger partial charge in [0.1, 0.15) is 12.4 Å². The number of carbonyl (C=O) groups is 2. The number of β-lactam (4-membered cyclic amide) rings is 1. The van der Waals surface area contributed by atoms with Gasteiger partial charge in [-0.2, -0.15) is 0 Å². The maximum atomic E-state index is 12.1. The van der Waals surface area contributed by atoms with E-state index in [-0.39, 0.29) is 29.0 Å². The average molecular weight is 359 g/mol. The van der Waals surface area contributed by atoms with Crippen LogP contribution in [0.4, 0.5) is 0 Å². The van der Waals surface area contributed by atoms with Crippen LogP contribution in [0.3, 0.4) is 0 Å². The van der Waals surface area contributed by atoms with Crippen molar-refractivity contribution in [2.45, 2.75) is 28.0 Å². The molecule has 3 rings (SSSR count). The number of hydrogen-bond acceptors (Lipinski definition) is 7. The molecule has 3 heterocycles. The zero-order valence-corrected chi connectivity index (χ0v) is 14.8. The number of fused-ring (bicyclic) bond motifs is 1. The van der Waals surface area contributed by atoms with Crippen LogP contribution in [0.5, 0.6) is 0 Å². The quantitative estimate of drug-likeness (QED) is 0.666. The minimum absolute atomic E-state index is 0.0141. The molecule has 0 spiro atoms. The number of nitrogens with zero attached hydrogens (tertiary/aromatic N) is 2. The predicted molar refractivity (Wildman–Crippen MR) is 90.8 cm³/mol. The normalized spacial score (nSPS) is 36.1. The molecule has 2 N–H and O–H groups in total. The molecule has 0 bridgehead atoms. The monoisotopic (exact) mass is 359 g/mol. The second kappa shape index (κ2) is 6.52. The van der Waals surface area contributed by atoms with E-state index in [0.29, 0.717) is 19.7 Å². The smallest absolute Gasteiger partial charge is 0.332 e. The minimum Gasteiger partial charge on any atom is -0.480 e. The summed E-state index contributed by atoms with van der Waals surface area (Å²) in [5, 5.41) is 13.1. The van der Waals surface area contributed by atoms with Crippen molar-refractivity contribution in [3.8, 4) is 0 Å². The standard InChI is InChI=1S/C14H21N3O4S2/c1-3-9-11(18)17-7-14(13(19)20,23-12(9)17)22-8-4-15-10(6-21-2)16-5-8/h8-9,12H,3-7H2,1-2H3,(H,15,16)(H,19,20)/t9?,12-,14?/m1/s1. The average Bonchev–Trinajstić information content (AvgIpc) is 2.87. The van der Waals surface area contributed by atoms with E-state index in [1.165, 1.54) is 23.5 Å². The van der Waals surface area contributed by atoms with Crippen LogP contribution >= 0.6 is 23.5 Å².